The molecule has 3 aromatic rings. The first-order valence-corrected chi connectivity index (χ1v) is 5.52. The Hall–Kier alpha value is -2.62. The number of nitro groups is 1. The molecular weight excluding hydrogens is 228 g/mol. The van der Waals surface area contributed by atoms with Crippen LogP contribution in [-0.4, -0.2) is 4.92 Å². The molecule has 0 fully saturated rings. The van der Waals surface area contributed by atoms with Crippen molar-refractivity contribution >= 4 is 32.9 Å². The third-order valence-corrected chi connectivity index (χ3v) is 3.09. The van der Waals surface area contributed by atoms with Crippen molar-refractivity contribution in [1.29, 1.82) is 0 Å². The van der Waals surface area contributed by atoms with Gasteiger partial charge >= 0.3 is 0 Å². The van der Waals surface area contributed by atoms with Gasteiger partial charge in [-0.15, -0.1) is 0 Å². The fourth-order valence-electron chi connectivity index (χ4n) is 2.20. The predicted molar refractivity (Wildman–Crippen MR) is 72.5 cm³/mol. The van der Waals surface area contributed by atoms with Gasteiger partial charge in [-0.3, -0.25) is 10.1 Å². The van der Waals surface area contributed by atoms with Gasteiger partial charge in [-0.2, -0.15) is 0 Å². The van der Waals surface area contributed by atoms with Crippen molar-refractivity contribution in [1.82, 2.24) is 0 Å². The van der Waals surface area contributed by atoms with Gasteiger partial charge in [-0.05, 0) is 29.0 Å². The van der Waals surface area contributed by atoms with E-state index in [0.717, 1.165) is 16.2 Å². The zero-order valence-electron chi connectivity index (χ0n) is 9.46. The van der Waals surface area contributed by atoms with Crippen LogP contribution in [0.15, 0.2) is 48.5 Å². The van der Waals surface area contributed by atoms with Gasteiger partial charge in [0.05, 0.1) is 10.3 Å². The Morgan fingerprint density at radius 1 is 0.944 bits per heavy atom. The number of rotatable bonds is 1. The van der Waals surface area contributed by atoms with E-state index in [0.29, 0.717) is 11.1 Å². The molecular formula is C14H10N2O2. The summed E-state index contributed by atoms with van der Waals surface area (Å²) in [6, 6.07) is 14.5. The number of benzene rings is 3. The van der Waals surface area contributed by atoms with Crippen LogP contribution in [0, 0.1) is 10.1 Å². The average Bonchev–Trinajstić information content (AvgIpc) is 2.37. The number of nitrogen functional groups attached to an aromatic ring is 1. The van der Waals surface area contributed by atoms with Gasteiger partial charge in [-0.25, -0.2) is 0 Å². The van der Waals surface area contributed by atoms with Crippen LogP contribution in [0.25, 0.3) is 21.5 Å². The monoisotopic (exact) mass is 238 g/mol. The van der Waals surface area contributed by atoms with Crippen molar-refractivity contribution in [2.75, 3.05) is 5.73 Å². The zero-order valence-corrected chi connectivity index (χ0v) is 9.46. The van der Waals surface area contributed by atoms with Crippen LogP contribution in [0.4, 0.5) is 11.4 Å². The molecule has 3 aromatic carbocycles. The lowest BCUT2D eigenvalue weighted by Gasteiger charge is -2.05. The van der Waals surface area contributed by atoms with Crippen molar-refractivity contribution in [3.8, 4) is 0 Å². The highest BCUT2D eigenvalue weighted by Gasteiger charge is 2.13. The minimum Gasteiger partial charge on any atom is -0.398 e. The molecule has 0 unspecified atom stereocenters. The molecule has 0 amide bonds. The summed E-state index contributed by atoms with van der Waals surface area (Å²) in [5.41, 5.74) is 6.54. The summed E-state index contributed by atoms with van der Waals surface area (Å²) in [6.07, 6.45) is 0. The second-order valence-corrected chi connectivity index (χ2v) is 4.18. The van der Waals surface area contributed by atoms with E-state index in [1.807, 2.05) is 36.4 Å². The van der Waals surface area contributed by atoms with Crippen molar-refractivity contribution in [3.05, 3.63) is 58.6 Å². The largest absolute Gasteiger partial charge is 0.398 e. The molecule has 18 heavy (non-hydrogen) atoms. The summed E-state index contributed by atoms with van der Waals surface area (Å²) < 4.78 is 0. The number of hydrogen-bond donors (Lipinski definition) is 1. The normalized spacial score (nSPS) is 10.9. The molecule has 0 spiro atoms. The van der Waals surface area contributed by atoms with Crippen molar-refractivity contribution in [2.24, 2.45) is 0 Å². The van der Waals surface area contributed by atoms with Crippen LogP contribution in [0.1, 0.15) is 0 Å². The maximum absolute atomic E-state index is 11.0. The Bertz CT molecular complexity index is 781. The Morgan fingerprint density at radius 3 is 2.17 bits per heavy atom. The number of anilines is 1. The number of non-ortho nitro benzene ring substituents is 1. The predicted octanol–water partition coefficient (Wildman–Crippen LogP) is 3.48. The number of fused-ring (bicyclic) bond motifs is 2. The Balaban J connectivity index is 2.52. The lowest BCUT2D eigenvalue weighted by Crippen LogP contribution is -1.93. The summed E-state index contributed by atoms with van der Waals surface area (Å²) in [4.78, 5) is 10.6. The van der Waals surface area contributed by atoms with Crippen LogP contribution >= 0.6 is 0 Å². The third-order valence-electron chi connectivity index (χ3n) is 3.09. The van der Waals surface area contributed by atoms with E-state index in [1.165, 1.54) is 6.07 Å². The minimum atomic E-state index is -0.378. The molecule has 0 bridgehead atoms. The molecule has 4 heteroatoms. The van der Waals surface area contributed by atoms with E-state index in [9.17, 15) is 10.1 Å². The highest BCUT2D eigenvalue weighted by Crippen LogP contribution is 2.33. The van der Waals surface area contributed by atoms with Gasteiger partial charge in [0.25, 0.3) is 5.69 Å². The van der Waals surface area contributed by atoms with E-state index < -0.39 is 0 Å². The summed E-state index contributed by atoms with van der Waals surface area (Å²) >= 11 is 0. The van der Waals surface area contributed by atoms with Gasteiger partial charge < -0.3 is 5.73 Å². The van der Waals surface area contributed by atoms with E-state index in [4.69, 9.17) is 5.73 Å². The molecule has 88 valence electrons. The van der Waals surface area contributed by atoms with Gasteiger partial charge in [0.15, 0.2) is 0 Å². The number of nitrogens with zero attached hydrogens (tertiary/aromatic N) is 1. The molecule has 2 N–H and O–H groups in total. The maximum atomic E-state index is 11.0. The second kappa shape index (κ2) is 3.70. The lowest BCUT2D eigenvalue weighted by molar-refractivity contribution is -0.383. The standard InChI is InChI=1S/C14H10N2O2/c15-13-5-6-14(16(17)18)12-8-10-4-2-1-3-9(10)7-11(12)13/h1-8H,15H2. The van der Waals surface area contributed by atoms with Crippen molar-refractivity contribution < 1.29 is 4.92 Å². The van der Waals surface area contributed by atoms with Crippen LogP contribution in [0.2, 0.25) is 0 Å². The Morgan fingerprint density at radius 2 is 1.56 bits per heavy atom. The van der Waals surface area contributed by atoms with E-state index in [-0.39, 0.29) is 10.6 Å². The average molecular weight is 238 g/mol. The van der Waals surface area contributed by atoms with E-state index in [1.54, 1.807) is 6.07 Å². The first kappa shape index (κ1) is 10.5. The van der Waals surface area contributed by atoms with E-state index >= 15 is 0 Å². The van der Waals surface area contributed by atoms with Crippen LogP contribution in [0.3, 0.4) is 0 Å². The fourth-order valence-corrected chi connectivity index (χ4v) is 2.20. The SMILES string of the molecule is Nc1ccc([N+](=O)[O-])c2cc3ccccc3cc12. The molecule has 4 nitrogen and oxygen atoms in total. The Kier molecular flexibility index (Phi) is 2.16. The zero-order chi connectivity index (χ0) is 12.7. The van der Waals surface area contributed by atoms with Gasteiger partial charge in [0.2, 0.25) is 0 Å². The maximum Gasteiger partial charge on any atom is 0.277 e. The molecule has 0 aromatic heterocycles. The quantitative estimate of drug-likeness (QED) is 0.305. The summed E-state index contributed by atoms with van der Waals surface area (Å²) in [5, 5.41) is 14.3. The lowest BCUT2D eigenvalue weighted by atomic mass is 10.0. The number of nitrogens with two attached hydrogens (primary N) is 1. The molecule has 0 saturated carbocycles. The molecule has 3 rings (SSSR count). The highest BCUT2D eigenvalue weighted by molar-refractivity contribution is 6.06. The first-order valence-electron chi connectivity index (χ1n) is 5.52. The molecule has 0 saturated heterocycles. The third kappa shape index (κ3) is 1.47. The molecule has 0 heterocycles. The van der Waals surface area contributed by atoms with Gasteiger partial charge in [0.1, 0.15) is 0 Å². The van der Waals surface area contributed by atoms with Crippen molar-refractivity contribution in [2.45, 2.75) is 0 Å². The van der Waals surface area contributed by atoms with Crippen LogP contribution in [0.5, 0.6) is 0 Å². The number of nitro benzene ring substituents is 1. The highest BCUT2D eigenvalue weighted by atomic mass is 16.6. The van der Waals surface area contributed by atoms with Gasteiger partial charge in [-0.1, -0.05) is 24.3 Å². The summed E-state index contributed by atoms with van der Waals surface area (Å²) in [6.45, 7) is 0. The first-order chi connectivity index (χ1) is 8.66. The second-order valence-electron chi connectivity index (χ2n) is 4.18. The molecule has 0 radical (unpaired) electrons. The molecule has 0 aliphatic rings. The summed E-state index contributed by atoms with van der Waals surface area (Å²) in [5.74, 6) is 0. The Labute approximate surface area is 103 Å². The fraction of sp³-hybridized carbons (Fsp3) is 0. The van der Waals surface area contributed by atoms with Crippen LogP contribution in [-0.2, 0) is 0 Å². The smallest absolute Gasteiger partial charge is 0.277 e. The minimum absolute atomic E-state index is 0.0879. The summed E-state index contributed by atoms with van der Waals surface area (Å²) in [7, 11) is 0. The topological polar surface area (TPSA) is 69.2 Å². The number of hydrogen-bond acceptors (Lipinski definition) is 3. The molecule has 0 aliphatic carbocycles. The van der Waals surface area contributed by atoms with Crippen LogP contribution < -0.4 is 5.73 Å². The van der Waals surface area contributed by atoms with Crippen molar-refractivity contribution in [3.63, 3.8) is 0 Å². The van der Waals surface area contributed by atoms with E-state index in [2.05, 4.69) is 0 Å². The molecule has 0 atom stereocenters. The molecule has 0 aliphatic heterocycles. The van der Waals surface area contributed by atoms with Gasteiger partial charge in [0, 0.05) is 17.1 Å².